The number of carbonyl (C=O) groups is 1. The number of carboxylic acids is 1. The van der Waals surface area contributed by atoms with Crippen molar-refractivity contribution in [2.75, 3.05) is 37.6 Å². The van der Waals surface area contributed by atoms with Gasteiger partial charge in [0.1, 0.15) is 11.4 Å². The Morgan fingerprint density at radius 2 is 1.84 bits per heavy atom. The summed E-state index contributed by atoms with van der Waals surface area (Å²) in [5.41, 5.74) is 1.08. The molecule has 1 aliphatic carbocycles. The summed E-state index contributed by atoms with van der Waals surface area (Å²) in [6, 6.07) is 8.81. The van der Waals surface area contributed by atoms with E-state index in [1.54, 1.807) is 4.57 Å². The molecular weight excluding hydrogens is 495 g/mol. The number of fused-ring (bicyclic) bond motifs is 1. The fourth-order valence-electron chi connectivity index (χ4n) is 5.53. The highest BCUT2D eigenvalue weighted by atomic mass is 35.5. The highest BCUT2D eigenvalue weighted by Crippen LogP contribution is 2.37. The number of hydrogen-bond acceptors (Lipinski definition) is 5. The predicted octanol–water partition coefficient (Wildman–Crippen LogP) is 4.56. The minimum absolute atomic E-state index is 0.0560. The van der Waals surface area contributed by atoms with E-state index < -0.39 is 22.8 Å². The van der Waals surface area contributed by atoms with E-state index in [-0.39, 0.29) is 16.1 Å². The quantitative estimate of drug-likeness (QED) is 0.418. The van der Waals surface area contributed by atoms with Crippen molar-refractivity contribution >= 4 is 34.2 Å². The van der Waals surface area contributed by atoms with Crippen LogP contribution < -0.4 is 21.0 Å². The number of anilines is 1. The van der Waals surface area contributed by atoms with Gasteiger partial charge in [-0.25, -0.2) is 9.18 Å². The molecule has 37 heavy (non-hydrogen) atoms. The van der Waals surface area contributed by atoms with Crippen LogP contribution in [0.1, 0.15) is 48.0 Å². The Morgan fingerprint density at radius 3 is 2.51 bits per heavy atom. The monoisotopic (exact) mass is 526 g/mol. The lowest BCUT2D eigenvalue weighted by Gasteiger charge is -2.31. The summed E-state index contributed by atoms with van der Waals surface area (Å²) >= 11 is 6.79. The average Bonchev–Trinajstić information content (AvgIpc) is 2.91. The summed E-state index contributed by atoms with van der Waals surface area (Å²) in [5, 5.41) is 16.5. The number of rotatable bonds is 7. The van der Waals surface area contributed by atoms with Gasteiger partial charge in [0.2, 0.25) is 5.43 Å². The third-order valence-electron chi connectivity index (χ3n) is 7.52. The Kier molecular flexibility index (Phi) is 7.79. The molecule has 1 aromatic heterocycles. The fraction of sp³-hybridized carbons (Fsp3) is 0.429. The molecule has 3 N–H and O–H groups in total. The number of nitrogens with zero attached hydrogens (tertiary/aromatic N) is 2. The Bertz CT molecular complexity index is 1350. The van der Waals surface area contributed by atoms with E-state index in [1.165, 1.54) is 38.3 Å². The van der Waals surface area contributed by atoms with Gasteiger partial charge in [0.15, 0.2) is 0 Å². The largest absolute Gasteiger partial charge is 0.477 e. The van der Waals surface area contributed by atoms with E-state index in [0.29, 0.717) is 37.4 Å². The van der Waals surface area contributed by atoms with Gasteiger partial charge in [-0.15, -0.1) is 0 Å². The van der Waals surface area contributed by atoms with Crippen molar-refractivity contribution in [2.24, 2.45) is 5.92 Å². The molecule has 2 aromatic carbocycles. The van der Waals surface area contributed by atoms with Crippen LogP contribution in [0.25, 0.3) is 16.6 Å². The van der Waals surface area contributed by atoms with Gasteiger partial charge in [-0.1, -0.05) is 43.0 Å². The molecule has 2 fully saturated rings. The normalized spacial score (nSPS) is 16.9. The van der Waals surface area contributed by atoms with Crippen LogP contribution in [-0.4, -0.2) is 48.4 Å². The molecule has 0 radical (unpaired) electrons. The van der Waals surface area contributed by atoms with E-state index in [1.807, 2.05) is 29.2 Å². The zero-order chi connectivity index (χ0) is 25.9. The van der Waals surface area contributed by atoms with Gasteiger partial charge in [-0.3, -0.25) is 4.79 Å². The van der Waals surface area contributed by atoms with Crippen LogP contribution in [0.5, 0.6) is 0 Å². The summed E-state index contributed by atoms with van der Waals surface area (Å²) < 4.78 is 16.9. The highest BCUT2D eigenvalue weighted by molar-refractivity contribution is 6.38. The first-order chi connectivity index (χ1) is 17.9. The van der Waals surface area contributed by atoms with Crippen LogP contribution in [0.15, 0.2) is 41.3 Å². The number of carboxylic acid groups (broad SMARTS) is 1. The lowest BCUT2D eigenvalue weighted by atomic mass is 9.89. The molecule has 0 bridgehead atoms. The van der Waals surface area contributed by atoms with E-state index in [0.717, 1.165) is 30.6 Å². The maximum absolute atomic E-state index is 15.3. The summed E-state index contributed by atoms with van der Waals surface area (Å²) in [6.45, 7) is 4.26. The van der Waals surface area contributed by atoms with Gasteiger partial charge in [-0.05, 0) is 49.1 Å². The summed E-state index contributed by atoms with van der Waals surface area (Å²) in [5.74, 6) is -1.26. The number of hydrogen-bond donors (Lipinski definition) is 3. The van der Waals surface area contributed by atoms with E-state index in [4.69, 9.17) is 11.6 Å². The first kappa shape index (κ1) is 25.7. The molecule has 2 aliphatic rings. The number of aromatic carboxylic acids is 1. The van der Waals surface area contributed by atoms with Crippen LogP contribution >= 0.6 is 11.6 Å². The van der Waals surface area contributed by atoms with Gasteiger partial charge < -0.3 is 25.2 Å². The molecule has 7 nitrogen and oxygen atoms in total. The van der Waals surface area contributed by atoms with Crippen molar-refractivity contribution in [2.45, 2.75) is 38.6 Å². The minimum Gasteiger partial charge on any atom is -0.477 e. The van der Waals surface area contributed by atoms with Crippen molar-refractivity contribution in [1.82, 2.24) is 15.2 Å². The molecule has 196 valence electrons. The maximum atomic E-state index is 15.3. The van der Waals surface area contributed by atoms with Crippen LogP contribution in [0.2, 0.25) is 5.02 Å². The second kappa shape index (κ2) is 11.2. The van der Waals surface area contributed by atoms with Crippen molar-refractivity contribution < 1.29 is 14.3 Å². The molecule has 5 rings (SSSR count). The van der Waals surface area contributed by atoms with Gasteiger partial charge >= 0.3 is 5.97 Å². The molecule has 0 atom stereocenters. The number of benzene rings is 2. The number of pyridine rings is 1. The van der Waals surface area contributed by atoms with E-state index >= 15 is 4.39 Å². The third-order valence-corrected chi connectivity index (χ3v) is 7.88. The molecule has 1 saturated carbocycles. The number of halogens is 2. The Labute approximate surface area is 220 Å². The van der Waals surface area contributed by atoms with E-state index in [9.17, 15) is 14.7 Å². The second-order valence-corrected chi connectivity index (χ2v) is 10.4. The van der Waals surface area contributed by atoms with Gasteiger partial charge in [0, 0.05) is 44.6 Å². The fourth-order valence-corrected chi connectivity index (χ4v) is 5.93. The Hall–Kier alpha value is -2.94. The SMILES string of the molecule is O=C(O)c1cn(-c2ccc(CNCC3CCCCC3)cc2)c2c(Cl)c(N3CCNCC3)c(F)cc2c1=O. The van der Waals surface area contributed by atoms with Crippen LogP contribution in [-0.2, 0) is 6.54 Å². The van der Waals surface area contributed by atoms with Crippen LogP contribution in [0.3, 0.4) is 0 Å². The Balaban J connectivity index is 1.51. The van der Waals surface area contributed by atoms with E-state index in [2.05, 4.69) is 10.6 Å². The molecular formula is C28H32ClFN4O3. The summed E-state index contributed by atoms with van der Waals surface area (Å²) in [4.78, 5) is 26.7. The van der Waals surface area contributed by atoms with Gasteiger partial charge in [-0.2, -0.15) is 0 Å². The zero-order valence-corrected chi connectivity index (χ0v) is 21.5. The molecule has 0 spiro atoms. The smallest absolute Gasteiger partial charge is 0.341 e. The molecule has 2 heterocycles. The average molecular weight is 527 g/mol. The molecule has 3 aromatic rings. The minimum atomic E-state index is -1.37. The number of nitrogens with one attached hydrogen (secondary N) is 2. The molecule has 1 aliphatic heterocycles. The third kappa shape index (κ3) is 5.37. The zero-order valence-electron chi connectivity index (χ0n) is 20.7. The van der Waals surface area contributed by atoms with Crippen molar-refractivity contribution in [1.29, 1.82) is 0 Å². The lowest BCUT2D eigenvalue weighted by Crippen LogP contribution is -2.44. The van der Waals surface area contributed by atoms with Crippen LogP contribution in [0, 0.1) is 11.7 Å². The molecule has 0 amide bonds. The predicted molar refractivity (Wildman–Crippen MR) is 145 cm³/mol. The van der Waals surface area contributed by atoms with Gasteiger partial charge in [0.05, 0.1) is 21.6 Å². The van der Waals surface area contributed by atoms with Crippen molar-refractivity contribution in [3.8, 4) is 5.69 Å². The number of piperazine rings is 1. The second-order valence-electron chi connectivity index (χ2n) is 10.0. The molecule has 0 unspecified atom stereocenters. The summed E-state index contributed by atoms with van der Waals surface area (Å²) in [6.07, 6.45) is 7.83. The first-order valence-electron chi connectivity index (χ1n) is 13.0. The molecule has 1 saturated heterocycles. The standard InChI is InChI=1S/C28H32ClFN4O3/c29-24-25-21(14-23(30)26(24)33-12-10-31-11-13-33)27(35)22(28(36)37)17-34(25)20-8-6-19(7-9-20)16-32-15-18-4-2-1-3-5-18/h6-9,14,17-18,31-32H,1-5,10-13,15-16H2,(H,36,37). The number of aromatic nitrogens is 1. The topological polar surface area (TPSA) is 86.6 Å². The Morgan fingerprint density at radius 1 is 1.14 bits per heavy atom. The van der Waals surface area contributed by atoms with Crippen LogP contribution in [0.4, 0.5) is 10.1 Å². The maximum Gasteiger partial charge on any atom is 0.341 e. The van der Waals surface area contributed by atoms with Crippen molar-refractivity contribution in [3.63, 3.8) is 0 Å². The summed E-state index contributed by atoms with van der Waals surface area (Å²) in [7, 11) is 0. The lowest BCUT2D eigenvalue weighted by molar-refractivity contribution is 0.0695. The first-order valence-corrected chi connectivity index (χ1v) is 13.4. The molecule has 9 heteroatoms. The highest BCUT2D eigenvalue weighted by Gasteiger charge is 2.25. The van der Waals surface area contributed by atoms with Crippen molar-refractivity contribution in [3.05, 3.63) is 68.7 Å². The van der Waals surface area contributed by atoms with Gasteiger partial charge in [0.25, 0.3) is 0 Å².